The molecule has 0 radical (unpaired) electrons. The van der Waals surface area contributed by atoms with Gasteiger partial charge in [0.25, 0.3) is 0 Å². The quantitative estimate of drug-likeness (QED) is 0.759. The number of amides is 1. The lowest BCUT2D eigenvalue weighted by Crippen LogP contribution is -2.46. The molecule has 1 N–H and O–H groups in total. The maximum Gasteiger partial charge on any atom is 0.239 e. The van der Waals surface area contributed by atoms with E-state index >= 15 is 0 Å². The largest absolute Gasteiger partial charge is 0.341 e. The van der Waals surface area contributed by atoms with E-state index in [-0.39, 0.29) is 11.9 Å². The third-order valence-electron chi connectivity index (χ3n) is 2.78. The van der Waals surface area contributed by atoms with Crippen molar-refractivity contribution in [1.82, 2.24) is 10.2 Å². The topological polar surface area (TPSA) is 32.3 Å². The van der Waals surface area contributed by atoms with Gasteiger partial charge >= 0.3 is 0 Å². The lowest BCUT2D eigenvalue weighted by atomic mass is 10.2. The molecule has 0 saturated carbocycles. The zero-order valence-corrected chi connectivity index (χ0v) is 10.1. The normalized spacial score (nSPS) is 23.5. The van der Waals surface area contributed by atoms with Gasteiger partial charge in [-0.3, -0.25) is 4.79 Å². The molecule has 14 heavy (non-hydrogen) atoms. The van der Waals surface area contributed by atoms with Crippen LogP contribution in [0.15, 0.2) is 0 Å². The van der Waals surface area contributed by atoms with E-state index < -0.39 is 0 Å². The van der Waals surface area contributed by atoms with Crippen molar-refractivity contribution in [1.29, 1.82) is 0 Å². The molecule has 0 aromatic carbocycles. The van der Waals surface area contributed by atoms with E-state index in [2.05, 4.69) is 18.5 Å². The fourth-order valence-electron chi connectivity index (χ4n) is 1.71. The molecule has 3 nitrogen and oxygen atoms in total. The van der Waals surface area contributed by atoms with E-state index in [1.165, 1.54) is 0 Å². The summed E-state index contributed by atoms with van der Waals surface area (Å²) in [6.45, 7) is 3.09. The molecular weight excluding hydrogens is 196 g/mol. The molecule has 1 rings (SSSR count). The van der Waals surface area contributed by atoms with E-state index in [1.807, 2.05) is 11.9 Å². The minimum atomic E-state index is 0.0734. The van der Waals surface area contributed by atoms with Gasteiger partial charge in [-0.1, -0.05) is 0 Å². The molecule has 0 aliphatic carbocycles. The highest BCUT2D eigenvalue weighted by molar-refractivity contribution is 7.98. The Balaban J connectivity index is 2.42. The number of likely N-dealkylation sites (N-methyl/N-ethyl adjacent to an activating group) is 1. The SMILES string of the molecule is CSCC(C)N(C)C(=O)[C@H]1CCCN1. The molecule has 1 saturated heterocycles. The molecule has 0 aromatic heterocycles. The molecule has 0 bridgehead atoms. The second-order valence-electron chi connectivity index (χ2n) is 3.90. The van der Waals surface area contributed by atoms with E-state index in [0.29, 0.717) is 6.04 Å². The first-order chi connectivity index (χ1) is 6.66. The smallest absolute Gasteiger partial charge is 0.239 e. The number of thioether (sulfide) groups is 1. The van der Waals surface area contributed by atoms with Gasteiger partial charge in [0.2, 0.25) is 5.91 Å². The summed E-state index contributed by atoms with van der Waals surface area (Å²) in [5.74, 6) is 1.26. The van der Waals surface area contributed by atoms with Crippen LogP contribution in [-0.2, 0) is 4.79 Å². The summed E-state index contributed by atoms with van der Waals surface area (Å²) in [7, 11) is 1.91. The van der Waals surface area contributed by atoms with E-state index in [0.717, 1.165) is 25.1 Å². The van der Waals surface area contributed by atoms with Crippen molar-refractivity contribution in [3.05, 3.63) is 0 Å². The van der Waals surface area contributed by atoms with Crippen molar-refractivity contribution in [2.24, 2.45) is 0 Å². The number of carbonyl (C=O) groups is 1. The highest BCUT2D eigenvalue weighted by atomic mass is 32.2. The predicted octanol–water partition coefficient (Wildman–Crippen LogP) is 0.948. The van der Waals surface area contributed by atoms with Crippen LogP contribution in [0.4, 0.5) is 0 Å². The Morgan fingerprint density at radius 2 is 2.43 bits per heavy atom. The maximum atomic E-state index is 11.9. The summed E-state index contributed by atoms with van der Waals surface area (Å²) in [5.41, 5.74) is 0. The predicted molar refractivity (Wildman–Crippen MR) is 61.6 cm³/mol. The van der Waals surface area contributed by atoms with Gasteiger partial charge in [-0.05, 0) is 32.6 Å². The van der Waals surface area contributed by atoms with E-state index in [4.69, 9.17) is 0 Å². The van der Waals surface area contributed by atoms with Crippen LogP contribution < -0.4 is 5.32 Å². The molecule has 4 heteroatoms. The second-order valence-corrected chi connectivity index (χ2v) is 4.81. The molecule has 1 fully saturated rings. The lowest BCUT2D eigenvalue weighted by Gasteiger charge is -2.27. The fourth-order valence-corrected chi connectivity index (χ4v) is 2.42. The van der Waals surface area contributed by atoms with Gasteiger partial charge < -0.3 is 10.2 Å². The van der Waals surface area contributed by atoms with Crippen LogP contribution >= 0.6 is 11.8 Å². The van der Waals surface area contributed by atoms with Crippen molar-refractivity contribution in [2.75, 3.05) is 25.6 Å². The summed E-state index contributed by atoms with van der Waals surface area (Å²) in [5, 5.41) is 3.24. The number of hydrogen-bond acceptors (Lipinski definition) is 3. The summed E-state index contributed by atoms with van der Waals surface area (Å²) in [4.78, 5) is 13.8. The fraction of sp³-hybridized carbons (Fsp3) is 0.900. The number of hydrogen-bond donors (Lipinski definition) is 1. The minimum Gasteiger partial charge on any atom is -0.341 e. The van der Waals surface area contributed by atoms with Gasteiger partial charge in [0.05, 0.1) is 6.04 Å². The van der Waals surface area contributed by atoms with Crippen LogP contribution in [-0.4, -0.2) is 48.5 Å². The van der Waals surface area contributed by atoms with Crippen molar-refractivity contribution in [3.8, 4) is 0 Å². The number of carbonyl (C=O) groups excluding carboxylic acids is 1. The van der Waals surface area contributed by atoms with Gasteiger partial charge in [0.1, 0.15) is 0 Å². The van der Waals surface area contributed by atoms with Crippen LogP contribution in [0.25, 0.3) is 0 Å². The maximum absolute atomic E-state index is 11.9. The molecule has 1 aliphatic heterocycles. The van der Waals surface area contributed by atoms with Gasteiger partial charge in [0, 0.05) is 18.8 Å². The molecule has 0 spiro atoms. The molecule has 1 unspecified atom stereocenters. The molecular formula is C10H20N2OS. The average Bonchev–Trinajstić information content (AvgIpc) is 2.68. The monoisotopic (exact) mass is 216 g/mol. The Bertz CT molecular complexity index is 193. The summed E-state index contributed by atoms with van der Waals surface area (Å²) in [6.07, 6.45) is 4.19. The van der Waals surface area contributed by atoms with Crippen LogP contribution in [0.5, 0.6) is 0 Å². The summed E-state index contributed by atoms with van der Waals surface area (Å²) < 4.78 is 0. The molecule has 2 atom stereocenters. The van der Waals surface area contributed by atoms with Crippen molar-refractivity contribution in [3.63, 3.8) is 0 Å². The van der Waals surface area contributed by atoms with Crippen molar-refractivity contribution >= 4 is 17.7 Å². The Labute approximate surface area is 90.6 Å². The molecule has 1 heterocycles. The summed E-state index contributed by atoms with van der Waals surface area (Å²) in [6, 6.07) is 0.407. The van der Waals surface area contributed by atoms with Gasteiger partial charge in [-0.25, -0.2) is 0 Å². The number of rotatable bonds is 4. The van der Waals surface area contributed by atoms with Crippen LogP contribution in [0.1, 0.15) is 19.8 Å². The van der Waals surface area contributed by atoms with Gasteiger partial charge in [-0.15, -0.1) is 0 Å². The molecule has 0 aromatic rings. The van der Waals surface area contributed by atoms with Crippen molar-refractivity contribution < 1.29 is 4.79 Å². The molecule has 82 valence electrons. The minimum absolute atomic E-state index is 0.0734. The van der Waals surface area contributed by atoms with Gasteiger partial charge in [-0.2, -0.15) is 11.8 Å². The van der Waals surface area contributed by atoms with Crippen LogP contribution in [0.3, 0.4) is 0 Å². The Hall–Kier alpha value is -0.220. The Morgan fingerprint density at radius 1 is 1.71 bits per heavy atom. The highest BCUT2D eigenvalue weighted by Gasteiger charge is 2.26. The zero-order valence-electron chi connectivity index (χ0n) is 9.25. The molecule has 1 aliphatic rings. The third kappa shape index (κ3) is 2.89. The Kier molecular flexibility index (Phi) is 4.75. The number of nitrogens with one attached hydrogen (secondary N) is 1. The molecule has 1 amide bonds. The Morgan fingerprint density at radius 3 is 2.93 bits per heavy atom. The lowest BCUT2D eigenvalue weighted by molar-refractivity contribution is -0.133. The first-order valence-electron chi connectivity index (χ1n) is 5.15. The summed E-state index contributed by atoms with van der Waals surface area (Å²) >= 11 is 1.78. The van der Waals surface area contributed by atoms with Crippen LogP contribution in [0, 0.1) is 0 Å². The van der Waals surface area contributed by atoms with Crippen molar-refractivity contribution in [2.45, 2.75) is 31.8 Å². The second kappa shape index (κ2) is 5.61. The first kappa shape index (κ1) is 11.9. The average molecular weight is 216 g/mol. The zero-order chi connectivity index (χ0) is 10.6. The van der Waals surface area contributed by atoms with Gasteiger partial charge in [0.15, 0.2) is 0 Å². The number of nitrogens with zero attached hydrogens (tertiary/aromatic N) is 1. The standard InChI is InChI=1S/C10H20N2OS/c1-8(7-14-3)12(2)10(13)9-5-4-6-11-9/h8-9,11H,4-7H2,1-3H3/t8?,9-/m1/s1. The first-order valence-corrected chi connectivity index (χ1v) is 6.55. The van der Waals surface area contributed by atoms with E-state index in [1.54, 1.807) is 11.8 Å². The van der Waals surface area contributed by atoms with Crippen LogP contribution in [0.2, 0.25) is 0 Å². The van der Waals surface area contributed by atoms with E-state index in [9.17, 15) is 4.79 Å². The third-order valence-corrected chi connectivity index (χ3v) is 3.59. The highest BCUT2D eigenvalue weighted by Crippen LogP contribution is 2.11.